The van der Waals surface area contributed by atoms with Gasteiger partial charge in [0, 0.05) is 12.6 Å². The zero-order valence-corrected chi connectivity index (χ0v) is 26.6. The molecule has 0 spiro atoms. The minimum Gasteiger partial charge on any atom is -0.352 e. The second kappa shape index (κ2) is 13.7. The summed E-state index contributed by atoms with van der Waals surface area (Å²) in [6, 6.07) is 15.9. The number of amides is 2. The van der Waals surface area contributed by atoms with E-state index in [0.29, 0.717) is 33.3 Å². The van der Waals surface area contributed by atoms with E-state index >= 15 is 0 Å². The van der Waals surface area contributed by atoms with Crippen molar-refractivity contribution in [3.05, 3.63) is 93.0 Å². The molecule has 0 saturated carbocycles. The second-order valence-corrected chi connectivity index (χ2v) is 13.1. The fourth-order valence-corrected chi connectivity index (χ4v) is 6.01. The Morgan fingerprint density at radius 1 is 0.878 bits per heavy atom. The third kappa shape index (κ3) is 8.03. The zero-order valence-electron chi connectivity index (χ0n) is 24.2. The molecular weight excluding hydrogens is 581 g/mol. The van der Waals surface area contributed by atoms with Crippen LogP contribution in [0.4, 0.5) is 5.69 Å². The molecule has 0 aromatic heterocycles. The molecule has 220 valence electrons. The van der Waals surface area contributed by atoms with E-state index in [4.69, 9.17) is 23.2 Å². The van der Waals surface area contributed by atoms with Crippen molar-refractivity contribution in [1.29, 1.82) is 0 Å². The van der Waals surface area contributed by atoms with E-state index in [1.165, 1.54) is 17.0 Å². The molecule has 3 aromatic carbocycles. The van der Waals surface area contributed by atoms with E-state index in [1.54, 1.807) is 50.2 Å². The molecule has 3 aromatic rings. The van der Waals surface area contributed by atoms with E-state index < -0.39 is 28.5 Å². The minimum absolute atomic E-state index is 0.0238. The number of benzene rings is 3. The number of carbonyl (C=O) groups is 2. The fraction of sp³-hybridized carbons (Fsp3) is 0.355. The van der Waals surface area contributed by atoms with Crippen molar-refractivity contribution in [2.75, 3.05) is 10.8 Å². The first-order valence-electron chi connectivity index (χ1n) is 13.4. The van der Waals surface area contributed by atoms with Crippen molar-refractivity contribution in [3.63, 3.8) is 0 Å². The lowest BCUT2D eigenvalue weighted by Gasteiger charge is -2.33. The topological polar surface area (TPSA) is 86.8 Å². The summed E-state index contributed by atoms with van der Waals surface area (Å²) >= 11 is 12.3. The molecule has 0 fully saturated rings. The summed E-state index contributed by atoms with van der Waals surface area (Å²) < 4.78 is 29.2. The number of aryl methyl sites for hydroxylation is 3. The molecule has 2 amide bonds. The first-order valence-corrected chi connectivity index (χ1v) is 15.6. The van der Waals surface area contributed by atoms with Gasteiger partial charge in [0.05, 0.1) is 20.6 Å². The summed E-state index contributed by atoms with van der Waals surface area (Å²) in [6.07, 6.45) is 0.717. The number of carbonyl (C=O) groups excluding carboxylic acids is 2. The van der Waals surface area contributed by atoms with Gasteiger partial charge in [-0.25, -0.2) is 8.42 Å². The lowest BCUT2D eigenvalue weighted by atomic mass is 10.1. The molecule has 0 aliphatic heterocycles. The highest BCUT2D eigenvalue weighted by Gasteiger charge is 2.33. The molecule has 0 aliphatic carbocycles. The van der Waals surface area contributed by atoms with Gasteiger partial charge >= 0.3 is 0 Å². The van der Waals surface area contributed by atoms with Gasteiger partial charge in [-0.2, -0.15) is 0 Å². The molecule has 0 bridgehead atoms. The highest BCUT2D eigenvalue weighted by Crippen LogP contribution is 2.29. The number of hydrogen-bond donors (Lipinski definition) is 1. The maximum absolute atomic E-state index is 14.1. The van der Waals surface area contributed by atoms with E-state index in [2.05, 4.69) is 5.32 Å². The maximum atomic E-state index is 14.1. The van der Waals surface area contributed by atoms with Gasteiger partial charge in [0.2, 0.25) is 11.8 Å². The first-order chi connectivity index (χ1) is 19.2. The number of rotatable bonds is 11. The summed E-state index contributed by atoms with van der Waals surface area (Å²) in [5.74, 6) is -0.882. The predicted molar refractivity (Wildman–Crippen MR) is 166 cm³/mol. The van der Waals surface area contributed by atoms with Gasteiger partial charge in [0.25, 0.3) is 10.0 Å². The molecule has 2 atom stereocenters. The Hall–Kier alpha value is -3.07. The molecular formula is C31H37Cl2N3O4S. The Morgan fingerprint density at radius 3 is 2.12 bits per heavy atom. The average molecular weight is 619 g/mol. The zero-order chi connectivity index (χ0) is 30.5. The minimum atomic E-state index is -4.15. The number of nitrogens with one attached hydrogen (secondary N) is 1. The molecule has 7 nitrogen and oxygen atoms in total. The number of halogens is 2. The fourth-order valence-electron chi connectivity index (χ4n) is 4.22. The highest BCUT2D eigenvalue weighted by molar-refractivity contribution is 7.92. The molecule has 0 aliphatic rings. The van der Waals surface area contributed by atoms with Gasteiger partial charge in [-0.15, -0.1) is 0 Å². The Bertz CT molecular complexity index is 1510. The van der Waals surface area contributed by atoms with Crippen LogP contribution in [0.15, 0.2) is 65.6 Å². The van der Waals surface area contributed by atoms with Crippen molar-refractivity contribution in [1.82, 2.24) is 10.2 Å². The van der Waals surface area contributed by atoms with E-state index in [9.17, 15) is 18.0 Å². The number of nitrogens with zero attached hydrogens (tertiary/aromatic N) is 2. The lowest BCUT2D eigenvalue weighted by Crippen LogP contribution is -2.52. The van der Waals surface area contributed by atoms with Crippen LogP contribution >= 0.6 is 23.2 Å². The summed E-state index contributed by atoms with van der Waals surface area (Å²) in [4.78, 5) is 28.7. The molecule has 0 saturated heterocycles. The van der Waals surface area contributed by atoms with Crippen LogP contribution in [-0.2, 0) is 26.2 Å². The lowest BCUT2D eigenvalue weighted by molar-refractivity contribution is -0.139. The van der Waals surface area contributed by atoms with Gasteiger partial charge in [0.15, 0.2) is 0 Å². The van der Waals surface area contributed by atoms with Crippen LogP contribution in [0.1, 0.15) is 49.4 Å². The first kappa shape index (κ1) is 32.4. The summed E-state index contributed by atoms with van der Waals surface area (Å²) in [5.41, 5.74) is 3.49. The molecule has 3 rings (SSSR count). The number of anilines is 1. The molecule has 0 radical (unpaired) electrons. The van der Waals surface area contributed by atoms with Crippen molar-refractivity contribution in [2.45, 2.75) is 71.5 Å². The van der Waals surface area contributed by atoms with Gasteiger partial charge in [-0.05, 0) is 88.1 Å². The van der Waals surface area contributed by atoms with E-state index in [0.717, 1.165) is 15.4 Å². The van der Waals surface area contributed by atoms with Crippen molar-refractivity contribution in [2.24, 2.45) is 0 Å². The van der Waals surface area contributed by atoms with Crippen LogP contribution in [0.2, 0.25) is 10.0 Å². The summed E-state index contributed by atoms with van der Waals surface area (Å²) in [6.45, 7) is 10.5. The van der Waals surface area contributed by atoms with Crippen molar-refractivity contribution < 1.29 is 18.0 Å². The molecule has 0 heterocycles. The summed E-state index contributed by atoms with van der Waals surface area (Å²) in [5, 5.41) is 3.60. The monoisotopic (exact) mass is 617 g/mol. The Balaban J connectivity index is 2.08. The molecule has 1 N–H and O–H groups in total. The SMILES string of the molecule is CC[C@H](C)NC(=O)[C@@H](C)N(Cc1ccc(Cl)c(Cl)c1)C(=O)CN(c1cc(C)ccc1C)S(=O)(=O)c1ccc(C)cc1. The van der Waals surface area contributed by atoms with Crippen LogP contribution in [0.3, 0.4) is 0 Å². The Kier molecular flexibility index (Phi) is 10.9. The standard InChI is InChI=1S/C31H37Cl2N3O4S/c1-7-23(5)34-31(38)24(6)35(18-25-12-15-27(32)28(33)17-25)30(37)19-36(29-16-21(3)8-11-22(29)4)41(39,40)26-13-9-20(2)10-14-26/h8-17,23-24H,7,18-19H2,1-6H3,(H,34,38)/t23-,24+/m0/s1. The normalized spacial score (nSPS) is 12.9. The van der Waals surface area contributed by atoms with Crippen LogP contribution in [-0.4, -0.2) is 43.8 Å². The van der Waals surface area contributed by atoms with E-state index in [-0.39, 0.29) is 23.4 Å². The third-order valence-electron chi connectivity index (χ3n) is 7.03. The predicted octanol–water partition coefficient (Wildman–Crippen LogP) is 6.45. The maximum Gasteiger partial charge on any atom is 0.264 e. The van der Waals surface area contributed by atoms with Gasteiger partial charge in [-0.3, -0.25) is 13.9 Å². The summed E-state index contributed by atoms with van der Waals surface area (Å²) in [7, 11) is -4.15. The van der Waals surface area contributed by atoms with Gasteiger partial charge < -0.3 is 10.2 Å². The Labute approximate surface area is 253 Å². The van der Waals surface area contributed by atoms with Crippen molar-refractivity contribution >= 4 is 50.7 Å². The quantitative estimate of drug-likeness (QED) is 0.268. The van der Waals surface area contributed by atoms with Gasteiger partial charge in [-0.1, -0.05) is 66.0 Å². The van der Waals surface area contributed by atoms with Crippen LogP contribution in [0.5, 0.6) is 0 Å². The molecule has 41 heavy (non-hydrogen) atoms. The Morgan fingerprint density at radius 2 is 1.51 bits per heavy atom. The van der Waals surface area contributed by atoms with Gasteiger partial charge in [0.1, 0.15) is 12.6 Å². The van der Waals surface area contributed by atoms with Crippen LogP contribution in [0.25, 0.3) is 0 Å². The highest BCUT2D eigenvalue weighted by atomic mass is 35.5. The largest absolute Gasteiger partial charge is 0.352 e. The van der Waals surface area contributed by atoms with Crippen LogP contribution < -0.4 is 9.62 Å². The average Bonchev–Trinajstić information content (AvgIpc) is 2.93. The van der Waals surface area contributed by atoms with Crippen LogP contribution in [0, 0.1) is 20.8 Å². The second-order valence-electron chi connectivity index (χ2n) is 10.4. The third-order valence-corrected chi connectivity index (χ3v) is 9.54. The molecule has 10 heteroatoms. The number of sulfonamides is 1. The molecule has 0 unspecified atom stereocenters. The van der Waals surface area contributed by atoms with E-state index in [1.807, 2.05) is 39.8 Å². The van der Waals surface area contributed by atoms with Crippen molar-refractivity contribution in [3.8, 4) is 0 Å². The smallest absolute Gasteiger partial charge is 0.264 e. The number of hydrogen-bond acceptors (Lipinski definition) is 4.